The number of hydrogen-bond acceptors (Lipinski definition) is 6. The number of aryl methyl sites for hydroxylation is 1. The van der Waals surface area contributed by atoms with Gasteiger partial charge in [-0.3, -0.25) is 14.9 Å². The summed E-state index contributed by atoms with van der Waals surface area (Å²) < 4.78 is 4.90. The second-order valence-corrected chi connectivity index (χ2v) is 7.09. The fourth-order valence-corrected chi connectivity index (χ4v) is 2.98. The first-order valence-corrected chi connectivity index (χ1v) is 9.30. The van der Waals surface area contributed by atoms with E-state index in [9.17, 15) is 19.7 Å². The lowest BCUT2D eigenvalue weighted by molar-refractivity contribution is -0.385. The molecule has 27 heavy (non-hydrogen) atoms. The van der Waals surface area contributed by atoms with Gasteiger partial charge in [0, 0.05) is 33.8 Å². The van der Waals surface area contributed by atoms with Gasteiger partial charge in [0.05, 0.1) is 10.5 Å². The molecule has 7 nitrogen and oxygen atoms in total. The van der Waals surface area contributed by atoms with E-state index in [1.54, 1.807) is 30.8 Å². The van der Waals surface area contributed by atoms with Gasteiger partial charge in [0.2, 0.25) is 0 Å². The Labute approximate surface area is 165 Å². The molecule has 0 radical (unpaired) electrons. The summed E-state index contributed by atoms with van der Waals surface area (Å²) in [6.07, 6.45) is 0. The van der Waals surface area contributed by atoms with Crippen LogP contribution in [-0.2, 0) is 9.53 Å². The van der Waals surface area contributed by atoms with Crippen LogP contribution in [0.1, 0.15) is 15.9 Å². The van der Waals surface area contributed by atoms with Crippen molar-refractivity contribution in [3.63, 3.8) is 0 Å². The fraction of sp³-hybridized carbons (Fsp3) is 0.222. The van der Waals surface area contributed by atoms with Crippen LogP contribution in [0.25, 0.3) is 0 Å². The number of esters is 1. The molecule has 0 unspecified atom stereocenters. The van der Waals surface area contributed by atoms with Crippen LogP contribution in [0, 0.1) is 17.0 Å². The van der Waals surface area contributed by atoms with E-state index in [4.69, 9.17) is 16.3 Å². The van der Waals surface area contributed by atoms with Gasteiger partial charge in [-0.15, -0.1) is 11.8 Å². The minimum absolute atomic E-state index is 0.0263. The van der Waals surface area contributed by atoms with Crippen LogP contribution in [0.4, 0.5) is 5.69 Å². The van der Waals surface area contributed by atoms with E-state index in [1.807, 2.05) is 12.1 Å². The summed E-state index contributed by atoms with van der Waals surface area (Å²) in [4.78, 5) is 35.0. The Morgan fingerprint density at radius 2 is 1.93 bits per heavy atom. The van der Waals surface area contributed by atoms with Crippen LogP contribution in [0.5, 0.6) is 0 Å². The number of nitro benzene ring substituents is 1. The molecular formula is C18H17ClN2O5S. The number of nitrogens with zero attached hydrogens (tertiary/aromatic N) is 1. The monoisotopic (exact) mass is 408 g/mol. The summed E-state index contributed by atoms with van der Waals surface area (Å²) in [5.41, 5.74) is 0.291. The zero-order valence-electron chi connectivity index (χ0n) is 14.4. The Bertz CT molecular complexity index is 842. The molecule has 0 saturated carbocycles. The normalized spacial score (nSPS) is 10.3. The van der Waals surface area contributed by atoms with Gasteiger partial charge in [0.15, 0.2) is 6.61 Å². The smallest absolute Gasteiger partial charge is 0.338 e. The summed E-state index contributed by atoms with van der Waals surface area (Å²) in [5, 5.41) is 14.2. The second kappa shape index (κ2) is 9.94. The van der Waals surface area contributed by atoms with Crippen molar-refractivity contribution in [3.05, 3.63) is 68.7 Å². The first-order chi connectivity index (χ1) is 12.9. The Kier molecular flexibility index (Phi) is 7.63. The van der Waals surface area contributed by atoms with Crippen LogP contribution in [0.15, 0.2) is 47.4 Å². The lowest BCUT2D eigenvalue weighted by atomic mass is 10.1. The van der Waals surface area contributed by atoms with Crippen molar-refractivity contribution in [1.82, 2.24) is 5.32 Å². The zero-order chi connectivity index (χ0) is 19.8. The third-order valence-electron chi connectivity index (χ3n) is 3.48. The molecule has 1 N–H and O–H groups in total. The van der Waals surface area contributed by atoms with Crippen molar-refractivity contribution in [2.24, 2.45) is 0 Å². The number of ether oxygens (including phenoxy) is 1. The number of carbonyl (C=O) groups is 2. The second-order valence-electron chi connectivity index (χ2n) is 5.49. The maximum absolute atomic E-state index is 11.9. The molecule has 0 fully saturated rings. The molecule has 0 aliphatic heterocycles. The standard InChI is InChI=1S/C18H17ClN2O5S/c1-12-2-3-13(10-16(12)21(24)25)18(23)26-11-17(22)20-8-9-27-15-6-4-14(19)5-7-15/h2-7,10H,8-9,11H2,1H3,(H,20,22). The summed E-state index contributed by atoms with van der Waals surface area (Å²) >= 11 is 7.36. The summed E-state index contributed by atoms with van der Waals surface area (Å²) in [6, 6.07) is 11.4. The maximum atomic E-state index is 11.9. The minimum atomic E-state index is -0.788. The molecule has 0 aliphatic carbocycles. The Morgan fingerprint density at radius 1 is 1.22 bits per heavy atom. The highest BCUT2D eigenvalue weighted by molar-refractivity contribution is 7.99. The highest BCUT2D eigenvalue weighted by Crippen LogP contribution is 2.20. The number of amides is 1. The van der Waals surface area contributed by atoms with Crippen molar-refractivity contribution >= 4 is 40.9 Å². The van der Waals surface area contributed by atoms with Gasteiger partial charge in [0.1, 0.15) is 0 Å². The lowest BCUT2D eigenvalue weighted by Gasteiger charge is -2.07. The molecule has 0 bridgehead atoms. The van der Waals surface area contributed by atoms with Crippen molar-refractivity contribution in [2.75, 3.05) is 18.9 Å². The van der Waals surface area contributed by atoms with Crippen LogP contribution >= 0.6 is 23.4 Å². The molecule has 0 aromatic heterocycles. The molecule has 0 aliphatic rings. The molecular weight excluding hydrogens is 392 g/mol. The third-order valence-corrected chi connectivity index (χ3v) is 4.75. The van der Waals surface area contributed by atoms with Crippen molar-refractivity contribution < 1.29 is 19.2 Å². The summed E-state index contributed by atoms with van der Waals surface area (Å²) in [6.45, 7) is 1.52. The largest absolute Gasteiger partial charge is 0.452 e. The number of carbonyl (C=O) groups excluding carboxylic acids is 2. The third kappa shape index (κ3) is 6.58. The van der Waals surface area contributed by atoms with Crippen molar-refractivity contribution in [2.45, 2.75) is 11.8 Å². The van der Waals surface area contributed by atoms with Gasteiger partial charge in [-0.05, 0) is 37.3 Å². The van der Waals surface area contributed by atoms with Gasteiger partial charge in [-0.2, -0.15) is 0 Å². The van der Waals surface area contributed by atoms with Crippen LogP contribution in [-0.4, -0.2) is 35.7 Å². The summed E-state index contributed by atoms with van der Waals surface area (Å²) in [7, 11) is 0. The molecule has 1 amide bonds. The molecule has 2 rings (SSSR count). The first kappa shape index (κ1) is 20.7. The molecule has 2 aromatic carbocycles. The van der Waals surface area contributed by atoms with Crippen molar-refractivity contribution in [3.8, 4) is 0 Å². The van der Waals surface area contributed by atoms with Gasteiger partial charge in [0.25, 0.3) is 11.6 Å². The Morgan fingerprint density at radius 3 is 2.59 bits per heavy atom. The van der Waals surface area contributed by atoms with E-state index in [1.165, 1.54) is 12.1 Å². The van der Waals surface area contributed by atoms with Gasteiger partial charge in [-0.1, -0.05) is 17.7 Å². The molecule has 0 spiro atoms. The fourth-order valence-electron chi connectivity index (χ4n) is 2.09. The van der Waals surface area contributed by atoms with Crippen LogP contribution in [0.2, 0.25) is 5.02 Å². The highest BCUT2D eigenvalue weighted by Gasteiger charge is 2.16. The predicted molar refractivity (Wildman–Crippen MR) is 103 cm³/mol. The van der Waals surface area contributed by atoms with E-state index in [0.717, 1.165) is 11.0 Å². The number of benzene rings is 2. The van der Waals surface area contributed by atoms with Gasteiger partial charge in [-0.25, -0.2) is 4.79 Å². The van der Waals surface area contributed by atoms with Crippen molar-refractivity contribution in [1.29, 1.82) is 0 Å². The molecule has 142 valence electrons. The molecule has 0 heterocycles. The molecule has 0 saturated heterocycles. The average Bonchev–Trinajstić information content (AvgIpc) is 2.64. The Hall–Kier alpha value is -2.58. The van der Waals surface area contributed by atoms with Gasteiger partial charge < -0.3 is 10.1 Å². The minimum Gasteiger partial charge on any atom is -0.452 e. The first-order valence-electron chi connectivity index (χ1n) is 7.94. The summed E-state index contributed by atoms with van der Waals surface area (Å²) in [5.74, 6) is -0.587. The topological polar surface area (TPSA) is 98.5 Å². The van der Waals surface area contributed by atoms with E-state index in [-0.39, 0.29) is 11.3 Å². The van der Waals surface area contributed by atoms with E-state index >= 15 is 0 Å². The number of nitrogens with one attached hydrogen (secondary N) is 1. The molecule has 9 heteroatoms. The molecule has 2 aromatic rings. The Balaban J connectivity index is 1.73. The van der Waals surface area contributed by atoms with E-state index in [2.05, 4.69) is 5.32 Å². The lowest BCUT2D eigenvalue weighted by Crippen LogP contribution is -2.30. The number of thioether (sulfide) groups is 1. The molecule has 0 atom stereocenters. The number of rotatable bonds is 8. The van der Waals surface area contributed by atoms with Gasteiger partial charge >= 0.3 is 5.97 Å². The highest BCUT2D eigenvalue weighted by atomic mass is 35.5. The van der Waals surface area contributed by atoms with Crippen LogP contribution < -0.4 is 5.32 Å². The maximum Gasteiger partial charge on any atom is 0.338 e. The zero-order valence-corrected chi connectivity index (χ0v) is 16.0. The van der Waals surface area contributed by atoms with E-state index in [0.29, 0.717) is 22.9 Å². The number of hydrogen-bond donors (Lipinski definition) is 1. The van der Waals surface area contributed by atoms with E-state index < -0.39 is 23.4 Å². The number of halogens is 1. The quantitative estimate of drug-likeness (QED) is 0.235. The van der Waals surface area contributed by atoms with Crippen LogP contribution in [0.3, 0.4) is 0 Å². The predicted octanol–water partition coefficient (Wildman–Crippen LogP) is 3.62. The SMILES string of the molecule is Cc1ccc(C(=O)OCC(=O)NCCSc2ccc(Cl)cc2)cc1[N+](=O)[O-]. The average molecular weight is 409 g/mol. The number of nitro groups is 1.